The number of hydrogen-bond donors (Lipinski definition) is 0. The van der Waals surface area contributed by atoms with E-state index >= 15 is 0 Å². The van der Waals surface area contributed by atoms with E-state index in [1.165, 1.54) is 0 Å². The summed E-state index contributed by atoms with van der Waals surface area (Å²) in [5, 5.41) is 0. The van der Waals surface area contributed by atoms with E-state index in [-0.39, 0.29) is 12.1 Å². The Balaban J connectivity index is 1.86. The van der Waals surface area contributed by atoms with Crippen LogP contribution in [0.25, 0.3) is 0 Å². The molecule has 1 saturated heterocycles. The first-order valence-electron chi connectivity index (χ1n) is 4.89. The summed E-state index contributed by atoms with van der Waals surface area (Å²) in [6.07, 6.45) is 4.93. The van der Waals surface area contributed by atoms with Crippen molar-refractivity contribution in [1.82, 2.24) is 9.97 Å². The van der Waals surface area contributed by atoms with Crippen LogP contribution in [-0.4, -0.2) is 28.6 Å². The standard InChI is InChI=1S/C10H12N2O3/c1-2-14-10(13)9-5-8(15-9)7-6-11-3-4-12-7/h3-4,6,8-9H,2,5H2,1H3. The molecule has 0 aromatic carbocycles. The quantitative estimate of drug-likeness (QED) is 0.690. The van der Waals surface area contributed by atoms with Gasteiger partial charge in [-0.2, -0.15) is 0 Å². The van der Waals surface area contributed by atoms with Gasteiger partial charge in [-0.25, -0.2) is 4.79 Å². The highest BCUT2D eigenvalue weighted by Crippen LogP contribution is 2.33. The fourth-order valence-corrected chi connectivity index (χ4v) is 1.44. The molecule has 1 fully saturated rings. The van der Waals surface area contributed by atoms with Crippen molar-refractivity contribution < 1.29 is 14.3 Å². The molecule has 1 aliphatic rings. The van der Waals surface area contributed by atoms with Crippen LogP contribution in [-0.2, 0) is 14.3 Å². The molecule has 2 heterocycles. The van der Waals surface area contributed by atoms with Crippen molar-refractivity contribution in [3.8, 4) is 0 Å². The lowest BCUT2D eigenvalue weighted by molar-refractivity contribution is -0.186. The fraction of sp³-hybridized carbons (Fsp3) is 0.500. The predicted octanol–water partition coefficient (Wildman–Crippen LogP) is 0.870. The van der Waals surface area contributed by atoms with Crippen LogP contribution in [0.15, 0.2) is 18.6 Å². The lowest BCUT2D eigenvalue weighted by Gasteiger charge is -2.33. The zero-order valence-electron chi connectivity index (χ0n) is 8.42. The van der Waals surface area contributed by atoms with E-state index in [1.54, 1.807) is 25.5 Å². The molecule has 1 aromatic rings. The van der Waals surface area contributed by atoms with Gasteiger partial charge in [0, 0.05) is 18.8 Å². The summed E-state index contributed by atoms with van der Waals surface area (Å²) in [4.78, 5) is 19.3. The zero-order chi connectivity index (χ0) is 10.7. The minimum Gasteiger partial charge on any atom is -0.464 e. The monoisotopic (exact) mass is 208 g/mol. The molecule has 5 nitrogen and oxygen atoms in total. The molecular weight excluding hydrogens is 196 g/mol. The van der Waals surface area contributed by atoms with Crippen molar-refractivity contribution in [1.29, 1.82) is 0 Å². The number of esters is 1. The van der Waals surface area contributed by atoms with Crippen LogP contribution in [0, 0.1) is 0 Å². The van der Waals surface area contributed by atoms with Gasteiger partial charge in [-0.3, -0.25) is 9.97 Å². The van der Waals surface area contributed by atoms with Gasteiger partial charge in [-0.15, -0.1) is 0 Å². The van der Waals surface area contributed by atoms with Gasteiger partial charge in [0.25, 0.3) is 0 Å². The molecule has 0 aliphatic carbocycles. The van der Waals surface area contributed by atoms with Gasteiger partial charge >= 0.3 is 5.97 Å². The summed E-state index contributed by atoms with van der Waals surface area (Å²) in [7, 11) is 0. The number of hydrogen-bond acceptors (Lipinski definition) is 5. The summed E-state index contributed by atoms with van der Waals surface area (Å²) in [5.41, 5.74) is 0.762. The Kier molecular flexibility index (Phi) is 2.91. The Morgan fingerprint density at radius 2 is 2.47 bits per heavy atom. The van der Waals surface area contributed by atoms with Gasteiger partial charge in [0.15, 0.2) is 6.10 Å². The zero-order valence-corrected chi connectivity index (χ0v) is 8.42. The number of carbonyl (C=O) groups is 1. The average Bonchev–Trinajstić information content (AvgIpc) is 2.17. The Morgan fingerprint density at radius 1 is 1.67 bits per heavy atom. The molecule has 5 heteroatoms. The first-order chi connectivity index (χ1) is 7.31. The van der Waals surface area contributed by atoms with Crippen molar-refractivity contribution in [3.63, 3.8) is 0 Å². The van der Waals surface area contributed by atoms with Crippen molar-refractivity contribution >= 4 is 5.97 Å². The van der Waals surface area contributed by atoms with Gasteiger partial charge in [-0.05, 0) is 6.92 Å². The maximum absolute atomic E-state index is 11.2. The van der Waals surface area contributed by atoms with Gasteiger partial charge in [0.2, 0.25) is 0 Å². The van der Waals surface area contributed by atoms with Crippen LogP contribution < -0.4 is 0 Å². The van der Waals surface area contributed by atoms with Crippen LogP contribution in [0.4, 0.5) is 0 Å². The Bertz CT molecular complexity index is 336. The summed E-state index contributed by atoms with van der Waals surface area (Å²) >= 11 is 0. The first kappa shape index (κ1) is 10.0. The Hall–Kier alpha value is -1.49. The lowest BCUT2D eigenvalue weighted by Crippen LogP contribution is -2.39. The molecule has 0 saturated carbocycles. The van der Waals surface area contributed by atoms with E-state index in [0.717, 1.165) is 5.69 Å². The van der Waals surface area contributed by atoms with Crippen molar-refractivity contribution in [2.24, 2.45) is 0 Å². The maximum atomic E-state index is 11.2. The molecule has 80 valence electrons. The summed E-state index contributed by atoms with van der Waals surface area (Å²) in [5.74, 6) is -0.294. The maximum Gasteiger partial charge on any atom is 0.335 e. The Labute approximate surface area is 87.4 Å². The Morgan fingerprint density at radius 3 is 3.07 bits per heavy atom. The molecule has 0 amide bonds. The molecule has 0 radical (unpaired) electrons. The van der Waals surface area contributed by atoms with Gasteiger partial charge in [-0.1, -0.05) is 0 Å². The summed E-state index contributed by atoms with van der Waals surface area (Å²) in [6.45, 7) is 2.16. The van der Waals surface area contributed by atoms with Gasteiger partial charge < -0.3 is 9.47 Å². The highest BCUT2D eigenvalue weighted by molar-refractivity contribution is 5.75. The number of ether oxygens (including phenoxy) is 2. The molecule has 1 aliphatic heterocycles. The van der Waals surface area contributed by atoms with Crippen LogP contribution in [0.3, 0.4) is 0 Å². The largest absolute Gasteiger partial charge is 0.464 e. The van der Waals surface area contributed by atoms with Crippen molar-refractivity contribution in [2.75, 3.05) is 6.61 Å². The van der Waals surface area contributed by atoms with E-state index in [0.29, 0.717) is 13.0 Å². The van der Waals surface area contributed by atoms with Gasteiger partial charge in [0.05, 0.1) is 18.5 Å². The van der Waals surface area contributed by atoms with Crippen LogP contribution in [0.5, 0.6) is 0 Å². The highest BCUT2D eigenvalue weighted by Gasteiger charge is 2.38. The van der Waals surface area contributed by atoms with E-state index in [1.807, 2.05) is 0 Å². The molecular formula is C10H12N2O3. The van der Waals surface area contributed by atoms with Crippen molar-refractivity contribution in [2.45, 2.75) is 25.6 Å². The van der Waals surface area contributed by atoms with Gasteiger partial charge in [0.1, 0.15) is 6.10 Å². The van der Waals surface area contributed by atoms with Crippen LogP contribution in [0.2, 0.25) is 0 Å². The molecule has 2 rings (SSSR count). The van der Waals surface area contributed by atoms with E-state index < -0.39 is 6.10 Å². The topological polar surface area (TPSA) is 61.3 Å². The number of nitrogens with zero attached hydrogens (tertiary/aromatic N) is 2. The normalized spacial score (nSPS) is 24.3. The second kappa shape index (κ2) is 4.35. The minimum absolute atomic E-state index is 0.117. The molecule has 1 aromatic heterocycles. The molecule has 15 heavy (non-hydrogen) atoms. The van der Waals surface area contributed by atoms with E-state index in [9.17, 15) is 4.79 Å². The second-order valence-corrected chi connectivity index (χ2v) is 3.23. The predicted molar refractivity (Wildman–Crippen MR) is 50.9 cm³/mol. The highest BCUT2D eigenvalue weighted by atomic mass is 16.6. The third-order valence-corrected chi connectivity index (χ3v) is 2.22. The molecule has 2 atom stereocenters. The number of rotatable bonds is 3. The first-order valence-corrected chi connectivity index (χ1v) is 4.89. The molecule has 0 bridgehead atoms. The van der Waals surface area contributed by atoms with E-state index in [4.69, 9.17) is 9.47 Å². The number of aromatic nitrogens is 2. The van der Waals surface area contributed by atoms with Crippen LogP contribution in [0.1, 0.15) is 25.1 Å². The third-order valence-electron chi connectivity index (χ3n) is 2.22. The van der Waals surface area contributed by atoms with Crippen LogP contribution >= 0.6 is 0 Å². The number of carbonyl (C=O) groups excluding carboxylic acids is 1. The summed E-state index contributed by atoms with van der Waals surface area (Å²) in [6, 6.07) is 0. The lowest BCUT2D eigenvalue weighted by atomic mass is 10.0. The van der Waals surface area contributed by atoms with E-state index in [2.05, 4.69) is 9.97 Å². The second-order valence-electron chi connectivity index (χ2n) is 3.23. The minimum atomic E-state index is -0.433. The molecule has 0 N–H and O–H groups in total. The SMILES string of the molecule is CCOC(=O)C1CC(c2cnccn2)O1. The van der Waals surface area contributed by atoms with Crippen molar-refractivity contribution in [3.05, 3.63) is 24.3 Å². The third kappa shape index (κ3) is 2.12. The molecule has 0 spiro atoms. The average molecular weight is 208 g/mol. The summed E-state index contributed by atoms with van der Waals surface area (Å²) < 4.78 is 10.2. The smallest absolute Gasteiger partial charge is 0.335 e. The molecule has 2 unspecified atom stereocenters. The fourth-order valence-electron chi connectivity index (χ4n) is 1.44.